The number of ether oxygens (including phenoxy) is 1. The van der Waals surface area contributed by atoms with E-state index in [-0.39, 0.29) is 18.2 Å². The molecule has 0 radical (unpaired) electrons. The molecule has 0 aliphatic carbocycles. The molecule has 2 amide bonds. The Labute approximate surface area is 212 Å². The lowest BCUT2D eigenvalue weighted by Gasteiger charge is -2.19. The molecule has 0 saturated carbocycles. The fraction of sp³-hybridized carbons (Fsp3) is 0.310. The number of carbonyl (C=O) groups excluding carboxylic acids is 2. The van der Waals surface area contributed by atoms with Crippen molar-refractivity contribution in [3.05, 3.63) is 94.5 Å². The lowest BCUT2D eigenvalue weighted by molar-refractivity contribution is -0.115. The number of nitrogens with one attached hydrogen (secondary N) is 2. The molecule has 36 heavy (non-hydrogen) atoms. The summed E-state index contributed by atoms with van der Waals surface area (Å²) in [6.07, 6.45) is 2.61. The summed E-state index contributed by atoms with van der Waals surface area (Å²) in [7, 11) is 1.62. The Hall–Kier alpha value is -3.68. The van der Waals surface area contributed by atoms with Crippen molar-refractivity contribution in [1.29, 1.82) is 0 Å². The van der Waals surface area contributed by atoms with Crippen molar-refractivity contribution >= 4 is 17.5 Å². The number of likely N-dealkylation sites (tertiary alicyclic amines) is 1. The average Bonchev–Trinajstić information content (AvgIpc) is 3.42. The molecule has 4 N–H and O–H groups in total. The van der Waals surface area contributed by atoms with Crippen LogP contribution in [-0.2, 0) is 30.8 Å². The van der Waals surface area contributed by atoms with Gasteiger partial charge >= 0.3 is 0 Å². The maximum atomic E-state index is 12.9. The first-order valence-corrected chi connectivity index (χ1v) is 12.4. The molecular formula is C29H34N4O3. The van der Waals surface area contributed by atoms with E-state index >= 15 is 0 Å². The molecule has 0 atom stereocenters. The summed E-state index contributed by atoms with van der Waals surface area (Å²) in [6.45, 7) is 3.74. The van der Waals surface area contributed by atoms with Crippen molar-refractivity contribution in [2.45, 2.75) is 38.9 Å². The predicted molar refractivity (Wildman–Crippen MR) is 142 cm³/mol. The van der Waals surface area contributed by atoms with Crippen LogP contribution >= 0.6 is 0 Å². The van der Waals surface area contributed by atoms with Crippen LogP contribution in [0.4, 0.5) is 5.69 Å². The molecule has 1 fully saturated rings. The molecule has 188 valence electrons. The van der Waals surface area contributed by atoms with E-state index in [2.05, 4.69) is 15.5 Å². The zero-order chi connectivity index (χ0) is 25.3. The van der Waals surface area contributed by atoms with Crippen LogP contribution in [-0.4, -0.2) is 36.9 Å². The standard InChI is InChI=1S/C29H34N4O3/c1-36-26-12-8-21(9-13-26)16-28(34)32-27-17-24(10-11-25(27)20-33-14-2-3-15-33)29(35)31-19-23-6-4-22(18-30)5-7-23/h4-13,17H,2-3,14-16,18-20,30H2,1H3,(H,31,35)(H,32,34). The van der Waals surface area contributed by atoms with Gasteiger partial charge in [0.15, 0.2) is 0 Å². The molecule has 1 aliphatic rings. The summed E-state index contributed by atoms with van der Waals surface area (Å²) in [6, 6.07) is 20.9. The Morgan fingerprint density at radius 1 is 0.917 bits per heavy atom. The number of hydrogen-bond acceptors (Lipinski definition) is 5. The Morgan fingerprint density at radius 2 is 1.58 bits per heavy atom. The topological polar surface area (TPSA) is 96.7 Å². The largest absolute Gasteiger partial charge is 0.497 e. The van der Waals surface area contributed by atoms with Gasteiger partial charge in [0.25, 0.3) is 5.91 Å². The maximum absolute atomic E-state index is 12.9. The molecule has 0 spiro atoms. The Balaban J connectivity index is 1.46. The van der Waals surface area contributed by atoms with Crippen LogP contribution in [0.3, 0.4) is 0 Å². The van der Waals surface area contributed by atoms with Gasteiger partial charge in [0.05, 0.1) is 13.5 Å². The third kappa shape index (κ3) is 6.93. The number of nitrogens with zero attached hydrogens (tertiary/aromatic N) is 1. The molecule has 3 aromatic rings. The Kier molecular flexibility index (Phi) is 8.71. The van der Waals surface area contributed by atoms with Crippen molar-refractivity contribution in [3.63, 3.8) is 0 Å². The quantitative estimate of drug-likeness (QED) is 0.404. The number of rotatable bonds is 10. The zero-order valence-electron chi connectivity index (χ0n) is 20.8. The number of amides is 2. The summed E-state index contributed by atoms with van der Waals surface area (Å²) in [5.74, 6) is 0.442. The molecule has 7 nitrogen and oxygen atoms in total. The molecular weight excluding hydrogens is 452 g/mol. The third-order valence-corrected chi connectivity index (χ3v) is 6.47. The minimum Gasteiger partial charge on any atom is -0.497 e. The van der Waals surface area contributed by atoms with E-state index in [4.69, 9.17) is 10.5 Å². The number of benzene rings is 3. The number of methoxy groups -OCH3 is 1. The van der Waals surface area contributed by atoms with Gasteiger partial charge in [0.2, 0.25) is 5.91 Å². The number of anilines is 1. The molecule has 3 aromatic carbocycles. The van der Waals surface area contributed by atoms with Crippen LogP contribution in [0.2, 0.25) is 0 Å². The minimum atomic E-state index is -0.184. The van der Waals surface area contributed by atoms with Crippen LogP contribution < -0.4 is 21.1 Å². The van der Waals surface area contributed by atoms with Gasteiger partial charge in [-0.05, 0) is 72.5 Å². The predicted octanol–water partition coefficient (Wildman–Crippen LogP) is 3.86. The van der Waals surface area contributed by atoms with Crippen LogP contribution in [0, 0.1) is 0 Å². The second-order valence-electron chi connectivity index (χ2n) is 9.13. The summed E-state index contributed by atoms with van der Waals surface area (Å²) < 4.78 is 5.19. The molecule has 4 rings (SSSR count). The first-order valence-electron chi connectivity index (χ1n) is 12.4. The van der Waals surface area contributed by atoms with Crippen LogP contribution in [0.5, 0.6) is 5.75 Å². The van der Waals surface area contributed by atoms with Gasteiger partial charge in [0.1, 0.15) is 5.75 Å². The summed E-state index contributed by atoms with van der Waals surface area (Å²) >= 11 is 0. The maximum Gasteiger partial charge on any atom is 0.251 e. The minimum absolute atomic E-state index is 0.125. The lowest BCUT2D eigenvalue weighted by Crippen LogP contribution is -2.24. The first kappa shape index (κ1) is 25.4. The molecule has 1 aliphatic heterocycles. The number of nitrogens with two attached hydrogens (primary N) is 1. The molecule has 0 unspecified atom stereocenters. The Morgan fingerprint density at radius 3 is 2.25 bits per heavy atom. The smallest absolute Gasteiger partial charge is 0.251 e. The van der Waals surface area contributed by atoms with Crippen molar-refractivity contribution in [1.82, 2.24) is 10.2 Å². The van der Waals surface area contributed by atoms with Gasteiger partial charge in [-0.1, -0.05) is 42.5 Å². The van der Waals surface area contributed by atoms with E-state index in [0.717, 1.165) is 47.6 Å². The van der Waals surface area contributed by atoms with Gasteiger partial charge in [0, 0.05) is 30.9 Å². The van der Waals surface area contributed by atoms with Gasteiger partial charge in [-0.2, -0.15) is 0 Å². The highest BCUT2D eigenvalue weighted by atomic mass is 16.5. The first-order chi connectivity index (χ1) is 17.5. The van der Waals surface area contributed by atoms with E-state index in [0.29, 0.717) is 24.3 Å². The second-order valence-corrected chi connectivity index (χ2v) is 9.13. The van der Waals surface area contributed by atoms with Gasteiger partial charge in [-0.25, -0.2) is 0 Å². The molecule has 7 heteroatoms. The molecule has 1 heterocycles. The fourth-order valence-electron chi connectivity index (χ4n) is 4.35. The van der Waals surface area contributed by atoms with Crippen LogP contribution in [0.15, 0.2) is 66.7 Å². The Bertz CT molecular complexity index is 1170. The van der Waals surface area contributed by atoms with Gasteiger partial charge < -0.3 is 21.1 Å². The van der Waals surface area contributed by atoms with Crippen molar-refractivity contribution in [2.24, 2.45) is 5.73 Å². The van der Waals surface area contributed by atoms with E-state index in [1.807, 2.05) is 60.7 Å². The highest BCUT2D eigenvalue weighted by Crippen LogP contribution is 2.23. The highest BCUT2D eigenvalue weighted by molar-refractivity contribution is 5.98. The van der Waals surface area contributed by atoms with Gasteiger partial charge in [-0.15, -0.1) is 0 Å². The normalized spacial score (nSPS) is 13.4. The molecule has 0 bridgehead atoms. The highest BCUT2D eigenvalue weighted by Gasteiger charge is 2.17. The summed E-state index contributed by atoms with van der Waals surface area (Å²) in [4.78, 5) is 28.2. The lowest BCUT2D eigenvalue weighted by atomic mass is 10.1. The zero-order valence-corrected chi connectivity index (χ0v) is 20.8. The van der Waals surface area contributed by atoms with Crippen molar-refractivity contribution in [2.75, 3.05) is 25.5 Å². The van der Waals surface area contributed by atoms with E-state index in [9.17, 15) is 9.59 Å². The number of carbonyl (C=O) groups is 2. The third-order valence-electron chi connectivity index (χ3n) is 6.47. The monoisotopic (exact) mass is 486 g/mol. The van der Waals surface area contributed by atoms with Gasteiger partial charge in [-0.3, -0.25) is 14.5 Å². The van der Waals surface area contributed by atoms with E-state index in [1.54, 1.807) is 13.2 Å². The van der Waals surface area contributed by atoms with E-state index in [1.165, 1.54) is 12.8 Å². The second kappa shape index (κ2) is 12.3. The average molecular weight is 487 g/mol. The van der Waals surface area contributed by atoms with Crippen LogP contribution in [0.25, 0.3) is 0 Å². The summed E-state index contributed by atoms with van der Waals surface area (Å²) in [5, 5.41) is 6.03. The van der Waals surface area contributed by atoms with Crippen molar-refractivity contribution < 1.29 is 14.3 Å². The van der Waals surface area contributed by atoms with Crippen molar-refractivity contribution in [3.8, 4) is 5.75 Å². The molecule has 0 aromatic heterocycles. The SMILES string of the molecule is COc1ccc(CC(=O)Nc2cc(C(=O)NCc3ccc(CN)cc3)ccc2CN2CCCC2)cc1. The fourth-order valence-corrected chi connectivity index (χ4v) is 4.35. The van der Waals surface area contributed by atoms with Crippen LogP contribution in [0.1, 0.15) is 45.5 Å². The summed E-state index contributed by atoms with van der Waals surface area (Å²) in [5.41, 5.74) is 10.8. The number of hydrogen-bond donors (Lipinski definition) is 3. The van der Waals surface area contributed by atoms with E-state index < -0.39 is 0 Å². The molecule has 1 saturated heterocycles.